The molecular weight excluding hydrogens is 210 g/mol. The van der Waals surface area contributed by atoms with Crippen molar-refractivity contribution in [1.82, 2.24) is 10.6 Å². The van der Waals surface area contributed by atoms with E-state index < -0.39 is 0 Å². The summed E-state index contributed by atoms with van der Waals surface area (Å²) in [5.41, 5.74) is 0. The minimum absolute atomic E-state index is 0.0442. The zero-order chi connectivity index (χ0) is 11.3. The predicted molar refractivity (Wildman–Crippen MR) is 65.2 cm³/mol. The Bertz CT molecular complexity index is 253. The number of carbonyl (C=O) groups excluding carboxylic acids is 1. The zero-order valence-corrected chi connectivity index (χ0v) is 10.4. The Hall–Kier alpha value is -0.710. The third-order valence-corrected chi connectivity index (χ3v) is 3.43. The highest BCUT2D eigenvalue weighted by Crippen LogP contribution is 2.18. The summed E-state index contributed by atoms with van der Waals surface area (Å²) in [6, 6.07) is 0.522. The van der Waals surface area contributed by atoms with Crippen LogP contribution in [0.5, 0.6) is 0 Å². The van der Waals surface area contributed by atoms with Crippen molar-refractivity contribution in [1.29, 1.82) is 0 Å². The fourth-order valence-electron chi connectivity index (χ4n) is 1.25. The van der Waals surface area contributed by atoms with Crippen molar-refractivity contribution in [2.24, 2.45) is 10.9 Å². The molecule has 1 saturated heterocycles. The molecule has 0 aromatic carbocycles. The number of aliphatic imine (C=N–C) groups is 1. The van der Waals surface area contributed by atoms with E-state index in [1.807, 2.05) is 0 Å². The maximum absolute atomic E-state index is 11.0. The van der Waals surface area contributed by atoms with Gasteiger partial charge in [-0.15, -0.1) is 0 Å². The minimum Gasteiger partial charge on any atom is -0.361 e. The molecule has 1 atom stereocenters. The zero-order valence-electron chi connectivity index (χ0n) is 9.54. The first-order valence-corrected chi connectivity index (χ1v) is 6.26. The Morgan fingerprint density at radius 1 is 1.73 bits per heavy atom. The number of amidine groups is 1. The molecule has 1 rings (SSSR count). The van der Waals surface area contributed by atoms with Gasteiger partial charge in [-0.2, -0.15) is 0 Å². The van der Waals surface area contributed by atoms with Gasteiger partial charge in [-0.05, 0) is 5.92 Å². The van der Waals surface area contributed by atoms with Crippen LogP contribution in [0.2, 0.25) is 0 Å². The molecule has 4 nitrogen and oxygen atoms in total. The second-order valence-corrected chi connectivity index (χ2v) is 4.92. The summed E-state index contributed by atoms with van der Waals surface area (Å²) in [5, 5.41) is 6.93. The molecule has 0 saturated carbocycles. The van der Waals surface area contributed by atoms with Gasteiger partial charge in [-0.25, -0.2) is 0 Å². The van der Waals surface area contributed by atoms with Crippen LogP contribution in [0, 0.1) is 5.92 Å². The van der Waals surface area contributed by atoms with Crippen molar-refractivity contribution < 1.29 is 4.79 Å². The molecule has 1 aliphatic rings. The van der Waals surface area contributed by atoms with E-state index in [0.717, 1.165) is 10.9 Å². The van der Waals surface area contributed by atoms with Crippen molar-refractivity contribution >= 4 is 22.8 Å². The molecule has 1 amide bonds. The van der Waals surface area contributed by atoms with E-state index in [2.05, 4.69) is 29.5 Å². The number of nitrogens with one attached hydrogen (secondary N) is 2. The lowest BCUT2D eigenvalue weighted by Crippen LogP contribution is -2.31. The number of carbonyl (C=O) groups is 1. The lowest BCUT2D eigenvalue weighted by atomic mass is 10.1. The van der Waals surface area contributed by atoms with Gasteiger partial charge in [-0.1, -0.05) is 25.6 Å². The molecule has 0 spiro atoms. The SMILES string of the molecule is CNC(=O)CCN=C1NC(C(C)C)CS1. The van der Waals surface area contributed by atoms with E-state index >= 15 is 0 Å². The normalized spacial score (nSPS) is 23.2. The molecule has 1 heterocycles. The fourth-order valence-corrected chi connectivity index (χ4v) is 2.47. The fraction of sp³-hybridized carbons (Fsp3) is 0.800. The number of thioether (sulfide) groups is 1. The van der Waals surface area contributed by atoms with Crippen LogP contribution in [-0.4, -0.2) is 36.5 Å². The lowest BCUT2D eigenvalue weighted by molar-refractivity contribution is -0.120. The quantitative estimate of drug-likeness (QED) is 0.751. The first-order chi connectivity index (χ1) is 7.13. The van der Waals surface area contributed by atoms with Crippen LogP contribution in [0.25, 0.3) is 0 Å². The van der Waals surface area contributed by atoms with E-state index in [0.29, 0.717) is 24.9 Å². The van der Waals surface area contributed by atoms with Gasteiger partial charge < -0.3 is 10.6 Å². The highest BCUT2D eigenvalue weighted by Gasteiger charge is 2.22. The third-order valence-electron chi connectivity index (χ3n) is 2.39. The summed E-state index contributed by atoms with van der Waals surface area (Å²) in [6.07, 6.45) is 0.467. The number of amides is 1. The number of hydrogen-bond donors (Lipinski definition) is 2. The molecule has 1 aliphatic heterocycles. The summed E-state index contributed by atoms with van der Waals surface area (Å²) >= 11 is 1.75. The summed E-state index contributed by atoms with van der Waals surface area (Å²) in [7, 11) is 1.65. The summed E-state index contributed by atoms with van der Waals surface area (Å²) in [5.74, 6) is 1.75. The van der Waals surface area contributed by atoms with Crippen LogP contribution in [0.4, 0.5) is 0 Å². The molecular formula is C10H19N3OS. The molecule has 0 aromatic heterocycles. The smallest absolute Gasteiger partial charge is 0.221 e. The average Bonchev–Trinajstić information content (AvgIpc) is 2.66. The van der Waals surface area contributed by atoms with Gasteiger partial charge >= 0.3 is 0 Å². The second kappa shape index (κ2) is 6.00. The monoisotopic (exact) mass is 229 g/mol. The number of hydrogen-bond acceptors (Lipinski definition) is 3. The highest BCUT2D eigenvalue weighted by molar-refractivity contribution is 8.14. The number of nitrogens with zero attached hydrogens (tertiary/aromatic N) is 1. The maximum atomic E-state index is 11.0. The average molecular weight is 229 g/mol. The molecule has 86 valence electrons. The van der Waals surface area contributed by atoms with Crippen molar-refractivity contribution in [2.75, 3.05) is 19.3 Å². The predicted octanol–water partition coefficient (Wildman–Crippen LogP) is 0.839. The highest BCUT2D eigenvalue weighted by atomic mass is 32.2. The van der Waals surface area contributed by atoms with Crippen LogP contribution in [0.15, 0.2) is 4.99 Å². The van der Waals surface area contributed by atoms with Gasteiger partial charge in [0.25, 0.3) is 0 Å². The van der Waals surface area contributed by atoms with Gasteiger partial charge in [0.2, 0.25) is 5.91 Å². The van der Waals surface area contributed by atoms with E-state index in [4.69, 9.17) is 0 Å². The van der Waals surface area contributed by atoms with Crippen LogP contribution in [0.3, 0.4) is 0 Å². The molecule has 0 bridgehead atoms. The van der Waals surface area contributed by atoms with Crippen molar-refractivity contribution in [2.45, 2.75) is 26.3 Å². The summed E-state index contributed by atoms with van der Waals surface area (Å²) < 4.78 is 0. The molecule has 15 heavy (non-hydrogen) atoms. The van der Waals surface area contributed by atoms with E-state index in [9.17, 15) is 4.79 Å². The third kappa shape index (κ3) is 4.11. The summed E-state index contributed by atoms with van der Waals surface area (Å²) in [4.78, 5) is 15.3. The van der Waals surface area contributed by atoms with Gasteiger partial charge in [0.15, 0.2) is 5.17 Å². The molecule has 1 unspecified atom stereocenters. The Kier molecular flexibility index (Phi) is 4.94. The molecule has 0 aromatic rings. The van der Waals surface area contributed by atoms with Crippen molar-refractivity contribution in [3.8, 4) is 0 Å². The van der Waals surface area contributed by atoms with Gasteiger partial charge in [0, 0.05) is 25.3 Å². The molecule has 0 aliphatic carbocycles. The van der Waals surface area contributed by atoms with Crippen molar-refractivity contribution in [3.63, 3.8) is 0 Å². The topological polar surface area (TPSA) is 53.5 Å². The first kappa shape index (κ1) is 12.4. The van der Waals surface area contributed by atoms with E-state index in [1.54, 1.807) is 18.8 Å². The minimum atomic E-state index is 0.0442. The van der Waals surface area contributed by atoms with Crippen LogP contribution >= 0.6 is 11.8 Å². The Labute approximate surface area is 95.3 Å². The van der Waals surface area contributed by atoms with E-state index in [-0.39, 0.29) is 5.91 Å². The Morgan fingerprint density at radius 3 is 3.00 bits per heavy atom. The Balaban J connectivity index is 2.27. The van der Waals surface area contributed by atoms with Gasteiger partial charge in [-0.3, -0.25) is 9.79 Å². The molecule has 2 N–H and O–H groups in total. The number of rotatable bonds is 4. The van der Waals surface area contributed by atoms with Crippen LogP contribution in [-0.2, 0) is 4.79 Å². The second-order valence-electron chi connectivity index (χ2n) is 3.92. The summed E-state index contributed by atoms with van der Waals surface area (Å²) in [6.45, 7) is 4.97. The maximum Gasteiger partial charge on any atom is 0.221 e. The standard InChI is InChI=1S/C10H19N3OS/c1-7(2)8-6-15-10(13-8)12-5-4-9(14)11-3/h7-8H,4-6H2,1-3H3,(H,11,14)(H,12,13). The first-order valence-electron chi connectivity index (χ1n) is 5.28. The molecule has 0 radical (unpaired) electrons. The Morgan fingerprint density at radius 2 is 2.47 bits per heavy atom. The van der Waals surface area contributed by atoms with Crippen molar-refractivity contribution in [3.05, 3.63) is 0 Å². The van der Waals surface area contributed by atoms with E-state index in [1.165, 1.54) is 0 Å². The lowest BCUT2D eigenvalue weighted by Gasteiger charge is -2.12. The molecule has 5 heteroatoms. The van der Waals surface area contributed by atoms with Crippen LogP contribution < -0.4 is 10.6 Å². The molecule has 1 fully saturated rings. The van der Waals surface area contributed by atoms with Gasteiger partial charge in [0.1, 0.15) is 0 Å². The van der Waals surface area contributed by atoms with Crippen LogP contribution in [0.1, 0.15) is 20.3 Å². The van der Waals surface area contributed by atoms with Gasteiger partial charge in [0.05, 0.1) is 6.54 Å². The largest absolute Gasteiger partial charge is 0.361 e.